The minimum absolute atomic E-state index is 0.0495. The van der Waals surface area contributed by atoms with Gasteiger partial charge in [0.25, 0.3) is 0 Å². The summed E-state index contributed by atoms with van der Waals surface area (Å²) in [5.41, 5.74) is 9.12. The SMILES string of the molecule is NCc1ccc(C2CC(C(=O)O)=NN2c2ccc(CS(=O)O)cc2)cc1. The zero-order valence-corrected chi connectivity index (χ0v) is 14.7. The van der Waals surface area contributed by atoms with Crippen molar-refractivity contribution in [2.75, 3.05) is 5.01 Å². The first-order valence-corrected chi connectivity index (χ1v) is 9.31. The number of benzene rings is 2. The van der Waals surface area contributed by atoms with Crippen LogP contribution in [-0.4, -0.2) is 25.5 Å². The third-order valence-corrected chi connectivity index (χ3v) is 4.83. The number of nitrogens with zero attached hydrogens (tertiary/aromatic N) is 2. The van der Waals surface area contributed by atoms with E-state index in [1.807, 2.05) is 24.3 Å². The van der Waals surface area contributed by atoms with Gasteiger partial charge in [-0.1, -0.05) is 36.4 Å². The first kappa shape index (κ1) is 18.2. The molecule has 7 nitrogen and oxygen atoms in total. The quantitative estimate of drug-likeness (QED) is 0.669. The molecule has 3 rings (SSSR count). The second-order valence-electron chi connectivity index (χ2n) is 5.99. The van der Waals surface area contributed by atoms with E-state index < -0.39 is 17.0 Å². The van der Waals surface area contributed by atoms with Crippen LogP contribution in [0.2, 0.25) is 0 Å². The van der Waals surface area contributed by atoms with E-state index in [2.05, 4.69) is 5.10 Å². The lowest BCUT2D eigenvalue weighted by atomic mass is 10.00. The highest BCUT2D eigenvalue weighted by atomic mass is 32.2. The van der Waals surface area contributed by atoms with Crippen LogP contribution in [0, 0.1) is 0 Å². The fourth-order valence-corrected chi connectivity index (χ4v) is 3.38. The van der Waals surface area contributed by atoms with Crippen molar-refractivity contribution in [3.63, 3.8) is 0 Å². The molecule has 1 aliphatic rings. The number of hydrogen-bond acceptors (Lipinski definition) is 5. The Balaban J connectivity index is 1.91. The maximum atomic E-state index is 11.4. The zero-order valence-electron chi connectivity index (χ0n) is 13.9. The van der Waals surface area contributed by atoms with Gasteiger partial charge in [-0.3, -0.25) is 5.01 Å². The van der Waals surface area contributed by atoms with Gasteiger partial charge in [0.1, 0.15) is 5.71 Å². The second-order valence-corrected chi connectivity index (χ2v) is 6.93. The highest BCUT2D eigenvalue weighted by Gasteiger charge is 2.32. The number of hydrazone groups is 1. The molecule has 0 aromatic heterocycles. The summed E-state index contributed by atoms with van der Waals surface area (Å²) in [6.45, 7) is 0.444. The van der Waals surface area contributed by atoms with E-state index in [0.717, 1.165) is 22.4 Å². The number of carbonyl (C=O) groups is 1. The lowest BCUT2D eigenvalue weighted by Crippen LogP contribution is -2.18. The van der Waals surface area contributed by atoms with Crippen molar-refractivity contribution >= 4 is 28.4 Å². The Morgan fingerprint density at radius 1 is 1.15 bits per heavy atom. The van der Waals surface area contributed by atoms with Gasteiger partial charge in [0, 0.05) is 13.0 Å². The zero-order chi connectivity index (χ0) is 18.7. The van der Waals surface area contributed by atoms with Crippen molar-refractivity contribution in [3.05, 3.63) is 65.2 Å². The molecule has 2 unspecified atom stereocenters. The Morgan fingerprint density at radius 2 is 1.77 bits per heavy atom. The summed E-state index contributed by atoms with van der Waals surface area (Å²) in [6.07, 6.45) is 0.291. The Labute approximate surface area is 153 Å². The van der Waals surface area contributed by atoms with E-state index in [4.69, 9.17) is 10.3 Å². The van der Waals surface area contributed by atoms with Gasteiger partial charge in [-0.25, -0.2) is 9.00 Å². The van der Waals surface area contributed by atoms with Gasteiger partial charge in [0.2, 0.25) is 0 Å². The predicted octanol–water partition coefficient (Wildman–Crippen LogP) is 2.26. The van der Waals surface area contributed by atoms with E-state index in [9.17, 15) is 14.1 Å². The number of carboxylic acids is 1. The molecule has 0 radical (unpaired) electrons. The summed E-state index contributed by atoms with van der Waals surface area (Å²) in [5.74, 6) is -0.989. The molecule has 4 N–H and O–H groups in total. The molecule has 2 aromatic rings. The fraction of sp³-hybridized carbons (Fsp3) is 0.222. The average molecular weight is 373 g/mol. The van der Waals surface area contributed by atoms with Crippen molar-refractivity contribution in [1.82, 2.24) is 0 Å². The Kier molecular flexibility index (Phi) is 5.46. The van der Waals surface area contributed by atoms with Crippen molar-refractivity contribution < 1.29 is 18.7 Å². The number of rotatable bonds is 6. The molecule has 0 amide bonds. The van der Waals surface area contributed by atoms with E-state index in [1.165, 1.54) is 0 Å². The Hall–Kier alpha value is -2.55. The molecule has 0 fully saturated rings. The summed E-state index contributed by atoms with van der Waals surface area (Å²) >= 11 is -1.91. The third kappa shape index (κ3) is 3.98. The predicted molar refractivity (Wildman–Crippen MR) is 100 cm³/mol. The molecule has 2 aromatic carbocycles. The molecule has 0 saturated heterocycles. The maximum absolute atomic E-state index is 11.4. The van der Waals surface area contributed by atoms with Crippen LogP contribution in [-0.2, 0) is 28.2 Å². The van der Waals surface area contributed by atoms with Crippen LogP contribution in [0.15, 0.2) is 53.6 Å². The van der Waals surface area contributed by atoms with E-state index in [-0.39, 0.29) is 17.5 Å². The standard InChI is InChI=1S/C18H19N3O4S/c19-10-12-1-5-14(6-2-12)17-9-16(18(22)23)20-21(17)15-7-3-13(4-8-15)11-26(24)25/h1-8,17H,9-11,19H2,(H,22,23)(H,24,25). The molecular weight excluding hydrogens is 354 g/mol. The number of carboxylic acid groups (broad SMARTS) is 1. The number of anilines is 1. The fourth-order valence-electron chi connectivity index (χ4n) is 2.90. The minimum atomic E-state index is -1.91. The van der Waals surface area contributed by atoms with E-state index in [1.54, 1.807) is 29.3 Å². The molecule has 136 valence electrons. The second kappa shape index (κ2) is 7.77. The first-order chi connectivity index (χ1) is 12.5. The van der Waals surface area contributed by atoms with Crippen LogP contribution in [0.3, 0.4) is 0 Å². The van der Waals surface area contributed by atoms with Gasteiger partial charge in [0.15, 0.2) is 11.1 Å². The summed E-state index contributed by atoms with van der Waals surface area (Å²) < 4.78 is 19.9. The van der Waals surface area contributed by atoms with Gasteiger partial charge in [-0.05, 0) is 28.8 Å². The van der Waals surface area contributed by atoms with Crippen LogP contribution in [0.4, 0.5) is 5.69 Å². The first-order valence-electron chi connectivity index (χ1n) is 8.03. The monoisotopic (exact) mass is 373 g/mol. The maximum Gasteiger partial charge on any atom is 0.352 e. The molecule has 0 bridgehead atoms. The number of aliphatic carboxylic acids is 1. The smallest absolute Gasteiger partial charge is 0.352 e. The van der Waals surface area contributed by atoms with Crippen molar-refractivity contribution in [2.24, 2.45) is 10.8 Å². The van der Waals surface area contributed by atoms with Crippen molar-refractivity contribution in [3.8, 4) is 0 Å². The molecule has 1 aliphatic heterocycles. The van der Waals surface area contributed by atoms with Crippen LogP contribution in [0.25, 0.3) is 0 Å². The van der Waals surface area contributed by atoms with Crippen LogP contribution >= 0.6 is 0 Å². The van der Waals surface area contributed by atoms with Crippen molar-refractivity contribution in [1.29, 1.82) is 0 Å². The normalized spacial score (nSPS) is 17.8. The van der Waals surface area contributed by atoms with Crippen LogP contribution in [0.5, 0.6) is 0 Å². The summed E-state index contributed by atoms with van der Waals surface area (Å²) in [7, 11) is 0. The van der Waals surface area contributed by atoms with Crippen molar-refractivity contribution in [2.45, 2.75) is 24.8 Å². The van der Waals surface area contributed by atoms with Gasteiger partial charge < -0.3 is 15.4 Å². The Bertz CT molecular complexity index is 850. The molecule has 0 spiro atoms. The number of nitrogens with two attached hydrogens (primary N) is 1. The summed E-state index contributed by atoms with van der Waals surface area (Å²) in [6, 6.07) is 14.5. The van der Waals surface area contributed by atoms with Gasteiger partial charge in [0.05, 0.1) is 17.5 Å². The molecule has 2 atom stereocenters. The van der Waals surface area contributed by atoms with Gasteiger partial charge >= 0.3 is 5.97 Å². The lowest BCUT2D eigenvalue weighted by molar-refractivity contribution is -0.129. The Morgan fingerprint density at radius 3 is 2.31 bits per heavy atom. The molecule has 0 aliphatic carbocycles. The third-order valence-electron chi connectivity index (χ3n) is 4.25. The molecule has 1 heterocycles. The van der Waals surface area contributed by atoms with Crippen LogP contribution < -0.4 is 10.7 Å². The molecular formula is C18H19N3O4S. The highest BCUT2D eigenvalue weighted by molar-refractivity contribution is 7.78. The molecule has 8 heteroatoms. The van der Waals surface area contributed by atoms with Crippen LogP contribution in [0.1, 0.15) is 29.2 Å². The largest absolute Gasteiger partial charge is 0.477 e. The average Bonchev–Trinajstić information content (AvgIpc) is 3.07. The topological polar surface area (TPSA) is 116 Å². The highest BCUT2D eigenvalue weighted by Crippen LogP contribution is 2.35. The molecule has 26 heavy (non-hydrogen) atoms. The number of hydrogen-bond donors (Lipinski definition) is 3. The summed E-state index contributed by atoms with van der Waals surface area (Å²) in [4.78, 5) is 11.4. The van der Waals surface area contributed by atoms with E-state index >= 15 is 0 Å². The molecule has 0 saturated carbocycles. The summed E-state index contributed by atoms with van der Waals surface area (Å²) in [5, 5.41) is 15.3. The minimum Gasteiger partial charge on any atom is -0.477 e. The van der Waals surface area contributed by atoms with Gasteiger partial charge in [-0.2, -0.15) is 5.10 Å². The van der Waals surface area contributed by atoms with E-state index in [0.29, 0.717) is 13.0 Å². The van der Waals surface area contributed by atoms with Gasteiger partial charge in [-0.15, -0.1) is 0 Å². The lowest BCUT2D eigenvalue weighted by Gasteiger charge is -2.24.